The Hall–Kier alpha value is -4.40. The van der Waals surface area contributed by atoms with Gasteiger partial charge in [-0.05, 0) is 42.3 Å². The lowest BCUT2D eigenvalue weighted by molar-refractivity contribution is -0.123. The lowest BCUT2D eigenvalue weighted by Gasteiger charge is -2.23. The molecule has 3 heterocycles. The summed E-state index contributed by atoms with van der Waals surface area (Å²) in [4.78, 5) is 32.9. The predicted octanol–water partition coefficient (Wildman–Crippen LogP) is 6.38. The highest BCUT2D eigenvalue weighted by Crippen LogP contribution is 2.49. The average molecular weight is 594 g/mol. The summed E-state index contributed by atoms with van der Waals surface area (Å²) in [5, 5.41) is 8.38. The molecule has 0 radical (unpaired) electrons. The van der Waals surface area contributed by atoms with E-state index in [1.165, 1.54) is 11.8 Å². The number of fused-ring (bicyclic) bond motifs is 1. The molecule has 1 atom stereocenters. The van der Waals surface area contributed by atoms with Gasteiger partial charge in [-0.25, -0.2) is 4.68 Å². The molecule has 2 aromatic heterocycles. The molecule has 1 aliphatic rings. The average Bonchev–Trinajstić information content (AvgIpc) is 3.34. The van der Waals surface area contributed by atoms with E-state index in [0.29, 0.717) is 17.4 Å². The van der Waals surface area contributed by atoms with Gasteiger partial charge in [0.25, 0.3) is 0 Å². The Morgan fingerprint density at radius 1 is 1.00 bits per heavy atom. The minimum atomic E-state index is -0.296. The van der Waals surface area contributed by atoms with E-state index in [2.05, 4.69) is 10.3 Å². The Morgan fingerprint density at radius 3 is 2.50 bits per heavy atom. The van der Waals surface area contributed by atoms with Crippen molar-refractivity contribution in [3.05, 3.63) is 131 Å². The Morgan fingerprint density at radius 2 is 1.76 bits per heavy atom. The number of pyridine rings is 1. The summed E-state index contributed by atoms with van der Waals surface area (Å²) in [7, 11) is 0. The molecule has 0 saturated heterocycles. The first-order valence-corrected chi connectivity index (χ1v) is 15.0. The van der Waals surface area contributed by atoms with Crippen molar-refractivity contribution in [3.63, 3.8) is 0 Å². The normalized spacial score (nSPS) is 14.8. The van der Waals surface area contributed by atoms with Crippen LogP contribution in [0.4, 0.5) is 5.82 Å². The number of hydrogen-bond donors (Lipinski definition) is 1. The molecule has 0 aliphatic carbocycles. The van der Waals surface area contributed by atoms with Crippen LogP contribution in [-0.2, 0) is 16.1 Å². The number of nitrogens with zero attached hydrogens (tertiary/aromatic N) is 4. The maximum absolute atomic E-state index is 13.9. The van der Waals surface area contributed by atoms with Crippen molar-refractivity contribution in [2.75, 3.05) is 17.2 Å². The lowest BCUT2D eigenvalue weighted by atomic mass is 9.99. The number of carbonyl (C=O) groups is 2. The second-order valence-electron chi connectivity index (χ2n) is 10.0. The van der Waals surface area contributed by atoms with Crippen molar-refractivity contribution in [2.24, 2.45) is 0 Å². The second kappa shape index (κ2) is 12.2. The number of aromatic nitrogens is 3. The first kappa shape index (κ1) is 27.8. The Kier molecular flexibility index (Phi) is 8.08. The molecule has 0 fully saturated rings. The Labute approximate surface area is 253 Å². The smallest absolute Gasteiger partial charge is 0.240 e. The van der Waals surface area contributed by atoms with Gasteiger partial charge in [0, 0.05) is 35.1 Å². The number of nitrogens with one attached hydrogen (secondary N) is 1. The zero-order valence-corrected chi connectivity index (χ0v) is 24.5. The van der Waals surface area contributed by atoms with Gasteiger partial charge >= 0.3 is 0 Å². The number of benzene rings is 3. The summed E-state index contributed by atoms with van der Waals surface area (Å²) in [5.74, 6) is 0.273. The van der Waals surface area contributed by atoms with E-state index in [9.17, 15) is 9.59 Å². The molecule has 0 spiro atoms. The fraction of sp³-hybridized carbons (Fsp3) is 0.152. The second-order valence-corrected chi connectivity index (χ2v) is 11.5. The minimum Gasteiger partial charge on any atom is -0.350 e. The van der Waals surface area contributed by atoms with Gasteiger partial charge in [-0.3, -0.25) is 19.5 Å². The number of carbonyl (C=O) groups excluding carboxylic acids is 2. The number of rotatable bonds is 7. The third-order valence-corrected chi connectivity index (χ3v) is 8.70. The van der Waals surface area contributed by atoms with Gasteiger partial charge in [-0.15, -0.1) is 11.8 Å². The van der Waals surface area contributed by atoms with Crippen LogP contribution in [0.15, 0.2) is 103 Å². The van der Waals surface area contributed by atoms with Crippen molar-refractivity contribution >= 4 is 41.0 Å². The Bertz CT molecular complexity index is 1730. The molecule has 5 aromatic rings. The zero-order valence-electron chi connectivity index (χ0n) is 22.9. The molecular weight excluding hydrogens is 566 g/mol. The summed E-state index contributed by atoms with van der Waals surface area (Å²) in [6, 6.07) is 29.3. The molecule has 2 amide bonds. The van der Waals surface area contributed by atoms with Crippen LogP contribution >= 0.6 is 23.4 Å². The van der Waals surface area contributed by atoms with E-state index in [-0.39, 0.29) is 29.4 Å². The number of aryl methyl sites for hydroxylation is 1. The molecule has 6 rings (SSSR count). The molecule has 1 aliphatic heterocycles. The lowest BCUT2D eigenvalue weighted by Crippen LogP contribution is -2.42. The van der Waals surface area contributed by atoms with Gasteiger partial charge in [0.05, 0.1) is 22.4 Å². The van der Waals surface area contributed by atoms with Crippen LogP contribution < -0.4 is 10.2 Å². The maximum Gasteiger partial charge on any atom is 0.240 e. The van der Waals surface area contributed by atoms with Gasteiger partial charge in [0.1, 0.15) is 12.4 Å². The van der Waals surface area contributed by atoms with Gasteiger partial charge in [-0.2, -0.15) is 5.10 Å². The van der Waals surface area contributed by atoms with Gasteiger partial charge in [0.2, 0.25) is 11.8 Å². The van der Waals surface area contributed by atoms with Crippen LogP contribution in [0.25, 0.3) is 16.9 Å². The molecule has 0 bridgehead atoms. The molecule has 3 aromatic carbocycles. The predicted molar refractivity (Wildman–Crippen MR) is 168 cm³/mol. The van der Waals surface area contributed by atoms with Gasteiger partial charge < -0.3 is 5.32 Å². The van der Waals surface area contributed by atoms with Crippen LogP contribution in [0.3, 0.4) is 0 Å². The van der Waals surface area contributed by atoms with E-state index in [1.807, 2.05) is 97.9 Å². The Balaban J connectivity index is 1.52. The van der Waals surface area contributed by atoms with Crippen LogP contribution in [0.5, 0.6) is 0 Å². The van der Waals surface area contributed by atoms with E-state index in [4.69, 9.17) is 16.7 Å². The van der Waals surface area contributed by atoms with E-state index in [0.717, 1.165) is 39.2 Å². The topological polar surface area (TPSA) is 80.1 Å². The monoisotopic (exact) mass is 593 g/mol. The number of amides is 2. The third-order valence-electron chi connectivity index (χ3n) is 7.12. The molecule has 42 heavy (non-hydrogen) atoms. The first-order chi connectivity index (χ1) is 20.5. The van der Waals surface area contributed by atoms with Crippen molar-refractivity contribution in [1.82, 2.24) is 20.1 Å². The molecule has 0 saturated carbocycles. The molecule has 7 nitrogen and oxygen atoms in total. The minimum absolute atomic E-state index is 0.159. The quantitative estimate of drug-likeness (QED) is 0.237. The maximum atomic E-state index is 13.9. The highest BCUT2D eigenvalue weighted by Gasteiger charge is 2.38. The van der Waals surface area contributed by atoms with Gasteiger partial charge in [-0.1, -0.05) is 83.9 Å². The summed E-state index contributed by atoms with van der Waals surface area (Å²) in [6.45, 7) is 2.17. The van der Waals surface area contributed by atoms with Crippen LogP contribution in [-0.4, -0.2) is 38.9 Å². The highest BCUT2D eigenvalue weighted by atomic mass is 35.5. The number of thioether (sulfide) groups is 1. The fourth-order valence-electron chi connectivity index (χ4n) is 5.03. The van der Waals surface area contributed by atoms with E-state index >= 15 is 0 Å². The van der Waals surface area contributed by atoms with Crippen LogP contribution in [0.1, 0.15) is 27.5 Å². The SMILES string of the molecule is Cc1ccc(-n2nc(-c3ccccc3)c3c2N(CC(=O)NCc2cccnc2)C(=O)CSC3c2ccccc2Cl)cc1. The molecule has 1 N–H and O–H groups in total. The molecular formula is C33H28ClN5O2S. The van der Waals surface area contributed by atoms with Crippen molar-refractivity contribution < 1.29 is 9.59 Å². The number of halogens is 1. The van der Waals surface area contributed by atoms with Crippen molar-refractivity contribution in [3.8, 4) is 16.9 Å². The first-order valence-electron chi connectivity index (χ1n) is 13.6. The van der Waals surface area contributed by atoms with E-state index in [1.54, 1.807) is 22.0 Å². The zero-order chi connectivity index (χ0) is 29.1. The van der Waals surface area contributed by atoms with Crippen LogP contribution in [0, 0.1) is 6.92 Å². The largest absolute Gasteiger partial charge is 0.350 e. The standard InChI is InChI=1S/C33H28ClN5O2S/c1-22-13-15-25(16-14-22)39-33-30(31(37-39)24-9-3-2-4-10-24)32(26-11-5-6-12-27(26)34)42-21-29(41)38(33)20-28(40)36-19-23-8-7-17-35-18-23/h2-18,32H,19-21H2,1H3,(H,36,40). The molecule has 1 unspecified atom stereocenters. The highest BCUT2D eigenvalue weighted by molar-refractivity contribution is 8.00. The van der Waals surface area contributed by atoms with Crippen LogP contribution in [0.2, 0.25) is 5.02 Å². The van der Waals surface area contributed by atoms with Crippen molar-refractivity contribution in [2.45, 2.75) is 18.7 Å². The number of hydrogen-bond acceptors (Lipinski definition) is 5. The summed E-state index contributed by atoms with van der Waals surface area (Å²) in [5.41, 5.74) is 6.14. The van der Waals surface area contributed by atoms with E-state index < -0.39 is 0 Å². The molecule has 9 heteroatoms. The fourth-order valence-corrected chi connectivity index (χ4v) is 6.57. The summed E-state index contributed by atoms with van der Waals surface area (Å²) in [6.07, 6.45) is 3.39. The third kappa shape index (κ3) is 5.68. The number of anilines is 1. The summed E-state index contributed by atoms with van der Waals surface area (Å²) < 4.78 is 1.79. The molecule has 210 valence electrons. The summed E-state index contributed by atoms with van der Waals surface area (Å²) >= 11 is 8.26. The van der Waals surface area contributed by atoms with Crippen molar-refractivity contribution in [1.29, 1.82) is 0 Å². The van der Waals surface area contributed by atoms with Gasteiger partial charge in [0.15, 0.2) is 0 Å².